The van der Waals surface area contributed by atoms with Crippen LogP contribution in [0.15, 0.2) is 42.5 Å². The van der Waals surface area contributed by atoms with E-state index >= 15 is 0 Å². The van der Waals surface area contributed by atoms with Gasteiger partial charge in [-0.05, 0) is 86.6 Å². The van der Waals surface area contributed by atoms with Crippen molar-refractivity contribution in [1.82, 2.24) is 0 Å². The van der Waals surface area contributed by atoms with Gasteiger partial charge in [-0.15, -0.1) is 0 Å². The Bertz CT molecular complexity index is 903. The quantitative estimate of drug-likeness (QED) is 0.501. The number of benzene rings is 2. The van der Waals surface area contributed by atoms with Gasteiger partial charge in [-0.1, -0.05) is 12.1 Å². The zero-order chi connectivity index (χ0) is 20.0. The molecule has 29 heavy (non-hydrogen) atoms. The monoisotopic (exact) mass is 393 g/mol. The third-order valence-corrected chi connectivity index (χ3v) is 6.97. The van der Waals surface area contributed by atoms with Crippen molar-refractivity contribution in [3.8, 4) is 11.5 Å². The van der Waals surface area contributed by atoms with Crippen LogP contribution in [0.5, 0.6) is 11.5 Å². The molecule has 2 aromatic carbocycles. The van der Waals surface area contributed by atoms with Crippen LogP contribution in [0.25, 0.3) is 0 Å². The number of phenols is 2. The van der Waals surface area contributed by atoms with Crippen LogP contribution in [0.3, 0.4) is 0 Å². The highest BCUT2D eigenvalue weighted by Crippen LogP contribution is 2.57. The third kappa shape index (κ3) is 3.54. The van der Waals surface area contributed by atoms with Crippen LogP contribution >= 0.6 is 0 Å². The Morgan fingerprint density at radius 1 is 1.00 bits per heavy atom. The molecule has 5 nitrogen and oxygen atoms in total. The Morgan fingerprint density at radius 3 is 2.34 bits per heavy atom. The van der Waals surface area contributed by atoms with Crippen LogP contribution in [0.4, 0.5) is 5.69 Å². The molecule has 2 aromatic rings. The fraction of sp³-hybridized carbons (Fsp3) is 0.458. The number of nitrogens with one attached hydrogen (secondary N) is 1. The highest BCUT2D eigenvalue weighted by atomic mass is 16.6. The predicted molar refractivity (Wildman–Crippen MR) is 110 cm³/mol. The summed E-state index contributed by atoms with van der Waals surface area (Å²) in [7, 11) is 0. The lowest BCUT2D eigenvalue weighted by Gasteiger charge is -2.55. The van der Waals surface area contributed by atoms with Gasteiger partial charge in [-0.2, -0.15) is 0 Å². The number of hydrogen-bond donors (Lipinski definition) is 3. The van der Waals surface area contributed by atoms with Gasteiger partial charge in [0.15, 0.2) is 0 Å². The number of ether oxygens (including phenoxy) is 1. The summed E-state index contributed by atoms with van der Waals surface area (Å²) in [6.07, 6.45) is 6.96. The lowest BCUT2D eigenvalue weighted by molar-refractivity contribution is -0.131. The molecule has 3 N–H and O–H groups in total. The van der Waals surface area contributed by atoms with E-state index in [1.807, 2.05) is 18.2 Å². The highest BCUT2D eigenvalue weighted by Gasteiger charge is 2.53. The van der Waals surface area contributed by atoms with E-state index in [1.165, 1.54) is 37.5 Å². The first-order valence-electron chi connectivity index (χ1n) is 10.6. The van der Waals surface area contributed by atoms with Gasteiger partial charge in [-0.3, -0.25) is 0 Å². The van der Waals surface area contributed by atoms with E-state index in [2.05, 4.69) is 5.32 Å². The largest absolute Gasteiger partial charge is 0.508 e. The maximum atomic E-state index is 13.1. The van der Waals surface area contributed by atoms with Crippen LogP contribution in [-0.4, -0.2) is 21.8 Å². The van der Waals surface area contributed by atoms with Gasteiger partial charge in [-0.25, -0.2) is 4.79 Å². The van der Waals surface area contributed by atoms with Crippen LogP contribution in [0.2, 0.25) is 0 Å². The molecule has 4 aliphatic carbocycles. The number of para-hydroxylation sites is 1. The van der Waals surface area contributed by atoms with Crippen molar-refractivity contribution >= 4 is 11.7 Å². The SMILES string of the molecule is O=C(OC12CC3CC(CC(C3)C1)C2)c1ccccc1NCc1cc(O)ccc1O. The fourth-order valence-electron chi connectivity index (χ4n) is 6.13. The highest BCUT2D eigenvalue weighted by molar-refractivity contribution is 5.95. The minimum absolute atomic E-state index is 0.0918. The van der Waals surface area contributed by atoms with E-state index in [4.69, 9.17) is 4.74 Å². The molecule has 0 aromatic heterocycles. The van der Waals surface area contributed by atoms with E-state index in [-0.39, 0.29) is 23.1 Å². The Hall–Kier alpha value is -2.69. The van der Waals surface area contributed by atoms with E-state index in [0.29, 0.717) is 23.4 Å². The summed E-state index contributed by atoms with van der Waals surface area (Å²) in [5.41, 5.74) is 1.48. The smallest absolute Gasteiger partial charge is 0.340 e. The summed E-state index contributed by atoms with van der Waals surface area (Å²) in [4.78, 5) is 13.1. The average molecular weight is 393 g/mol. The fourth-order valence-corrected chi connectivity index (χ4v) is 6.13. The normalized spacial score (nSPS) is 29.6. The van der Waals surface area contributed by atoms with Crippen LogP contribution in [0.1, 0.15) is 54.4 Å². The molecule has 5 heteroatoms. The number of phenolic OH excluding ortho intramolecular Hbond substituents is 2. The second kappa shape index (κ2) is 6.97. The van der Waals surface area contributed by atoms with Crippen LogP contribution in [-0.2, 0) is 11.3 Å². The molecule has 4 saturated carbocycles. The molecular formula is C24H27NO4. The lowest BCUT2D eigenvalue weighted by atomic mass is 9.54. The number of rotatable bonds is 5. The van der Waals surface area contributed by atoms with Crippen molar-refractivity contribution in [3.63, 3.8) is 0 Å². The molecule has 0 radical (unpaired) electrons. The summed E-state index contributed by atoms with van der Waals surface area (Å²) in [5.74, 6) is 2.08. The maximum absolute atomic E-state index is 13.1. The van der Waals surface area contributed by atoms with E-state index in [9.17, 15) is 15.0 Å². The van der Waals surface area contributed by atoms with Gasteiger partial charge in [0.1, 0.15) is 17.1 Å². The van der Waals surface area contributed by atoms with E-state index in [1.54, 1.807) is 6.07 Å². The molecule has 0 unspecified atom stereocenters. The molecule has 4 fully saturated rings. The summed E-state index contributed by atoms with van der Waals surface area (Å²) in [6.45, 7) is 0.294. The Kier molecular flexibility index (Phi) is 4.41. The first-order valence-corrected chi connectivity index (χ1v) is 10.6. The molecule has 0 heterocycles. The minimum Gasteiger partial charge on any atom is -0.508 e. The van der Waals surface area contributed by atoms with Gasteiger partial charge in [0.2, 0.25) is 0 Å². The molecule has 0 saturated heterocycles. The Labute approximate surface area is 170 Å². The van der Waals surface area contributed by atoms with Crippen molar-refractivity contribution in [2.45, 2.75) is 50.7 Å². The summed E-state index contributed by atoms with van der Waals surface area (Å²) in [5, 5.41) is 22.9. The molecule has 0 spiro atoms. The summed E-state index contributed by atoms with van der Waals surface area (Å²) in [6, 6.07) is 11.7. The second-order valence-corrected chi connectivity index (χ2v) is 9.20. The number of carbonyl (C=O) groups excluding carboxylic acids is 1. The first-order chi connectivity index (χ1) is 14.0. The topological polar surface area (TPSA) is 78.8 Å². The lowest BCUT2D eigenvalue weighted by Crippen LogP contribution is -2.52. The molecule has 4 bridgehead atoms. The predicted octanol–water partition coefficient (Wildman–Crippen LogP) is 4.84. The zero-order valence-electron chi connectivity index (χ0n) is 16.4. The van der Waals surface area contributed by atoms with Gasteiger partial charge in [0.25, 0.3) is 0 Å². The van der Waals surface area contributed by atoms with E-state index in [0.717, 1.165) is 37.0 Å². The van der Waals surface area contributed by atoms with Gasteiger partial charge < -0.3 is 20.3 Å². The third-order valence-electron chi connectivity index (χ3n) is 6.97. The number of anilines is 1. The molecule has 152 valence electrons. The van der Waals surface area contributed by atoms with Crippen LogP contribution in [0, 0.1) is 17.8 Å². The number of aromatic hydroxyl groups is 2. The number of hydrogen-bond acceptors (Lipinski definition) is 5. The minimum atomic E-state index is -0.275. The first kappa shape index (κ1) is 18.3. The second-order valence-electron chi connectivity index (χ2n) is 9.20. The van der Waals surface area contributed by atoms with Crippen molar-refractivity contribution < 1.29 is 19.7 Å². The Balaban J connectivity index is 1.33. The summed E-state index contributed by atoms with van der Waals surface area (Å²) < 4.78 is 6.20. The zero-order valence-corrected chi connectivity index (χ0v) is 16.4. The summed E-state index contributed by atoms with van der Waals surface area (Å²) >= 11 is 0. The maximum Gasteiger partial charge on any atom is 0.340 e. The number of carbonyl (C=O) groups is 1. The Morgan fingerprint density at radius 2 is 1.66 bits per heavy atom. The molecular weight excluding hydrogens is 366 g/mol. The molecule has 4 aliphatic rings. The number of esters is 1. The molecule has 0 aliphatic heterocycles. The van der Waals surface area contributed by atoms with Crippen molar-refractivity contribution in [2.75, 3.05) is 5.32 Å². The van der Waals surface area contributed by atoms with E-state index < -0.39 is 0 Å². The van der Waals surface area contributed by atoms with Crippen molar-refractivity contribution in [1.29, 1.82) is 0 Å². The van der Waals surface area contributed by atoms with Gasteiger partial charge in [0, 0.05) is 17.8 Å². The van der Waals surface area contributed by atoms with Gasteiger partial charge in [0.05, 0.1) is 5.56 Å². The standard InChI is InChI=1S/C24H27NO4/c26-19-5-6-22(27)18(10-19)14-25-21-4-2-1-3-20(21)23(28)29-24-11-15-7-16(12-24)9-17(8-15)13-24/h1-6,10,15-17,25-27H,7-9,11-14H2. The molecule has 6 rings (SSSR count). The van der Waals surface area contributed by atoms with Gasteiger partial charge >= 0.3 is 5.97 Å². The molecule has 0 amide bonds. The average Bonchev–Trinajstić information content (AvgIpc) is 2.67. The van der Waals surface area contributed by atoms with Crippen molar-refractivity contribution in [3.05, 3.63) is 53.6 Å². The van der Waals surface area contributed by atoms with Crippen molar-refractivity contribution in [2.24, 2.45) is 17.8 Å². The van der Waals surface area contributed by atoms with Crippen LogP contribution < -0.4 is 5.32 Å². The molecule has 0 atom stereocenters.